The van der Waals surface area contributed by atoms with Crippen molar-refractivity contribution in [3.05, 3.63) is 70.0 Å². The lowest BCUT2D eigenvalue weighted by atomic mass is 9.85. The number of rotatable bonds is 3. The van der Waals surface area contributed by atoms with Gasteiger partial charge in [0.1, 0.15) is 24.3 Å². The summed E-state index contributed by atoms with van der Waals surface area (Å²) in [5, 5.41) is 2.64. The van der Waals surface area contributed by atoms with Crippen molar-refractivity contribution in [3.8, 4) is 5.75 Å². The highest BCUT2D eigenvalue weighted by Gasteiger charge is 2.51. The van der Waals surface area contributed by atoms with Crippen molar-refractivity contribution in [2.75, 3.05) is 11.9 Å². The molecule has 0 fully saturated rings. The van der Waals surface area contributed by atoms with Gasteiger partial charge in [0.2, 0.25) is 0 Å². The Morgan fingerprint density at radius 3 is 2.85 bits per heavy atom. The van der Waals surface area contributed by atoms with Crippen molar-refractivity contribution >= 4 is 27.5 Å². The number of para-hydroxylation sites is 1. The molecular formula is C20H17BrFNO3. The van der Waals surface area contributed by atoms with E-state index in [9.17, 15) is 9.18 Å². The quantitative estimate of drug-likeness (QED) is 0.745. The molecule has 1 amide bonds. The van der Waals surface area contributed by atoms with E-state index < -0.39 is 17.5 Å². The Balaban J connectivity index is 1.59. The number of halogens is 2. The lowest BCUT2D eigenvalue weighted by Gasteiger charge is -2.35. The summed E-state index contributed by atoms with van der Waals surface area (Å²) >= 11 is 3.38. The van der Waals surface area contributed by atoms with E-state index >= 15 is 0 Å². The monoisotopic (exact) mass is 417 g/mol. The van der Waals surface area contributed by atoms with E-state index in [1.807, 2.05) is 37.3 Å². The predicted molar refractivity (Wildman–Crippen MR) is 99.6 cm³/mol. The number of carbonyl (C=O) groups excluding carboxylic acids is 1. The highest BCUT2D eigenvalue weighted by molar-refractivity contribution is 9.10. The average Bonchev–Trinajstić information content (AvgIpc) is 2.87. The minimum absolute atomic E-state index is 0.208. The molecule has 0 radical (unpaired) electrons. The molecule has 4 nitrogen and oxygen atoms in total. The van der Waals surface area contributed by atoms with E-state index in [1.54, 1.807) is 12.1 Å². The summed E-state index contributed by atoms with van der Waals surface area (Å²) in [5.41, 5.74) is 0.556. The molecule has 2 aromatic rings. The average molecular weight is 418 g/mol. The SMILES string of the molecule is CC1=C[C@H](COc2ccc(Br)cc2)O[C@]2(C1)C(=O)Nc1c(F)cccc12. The summed E-state index contributed by atoms with van der Waals surface area (Å²) in [5.74, 6) is -0.0744. The fourth-order valence-corrected chi connectivity index (χ4v) is 3.78. The van der Waals surface area contributed by atoms with Crippen LogP contribution in [0.4, 0.5) is 10.1 Å². The number of anilines is 1. The topological polar surface area (TPSA) is 47.6 Å². The van der Waals surface area contributed by atoms with Gasteiger partial charge in [-0.1, -0.05) is 39.7 Å². The van der Waals surface area contributed by atoms with Gasteiger partial charge >= 0.3 is 0 Å². The summed E-state index contributed by atoms with van der Waals surface area (Å²) < 4.78 is 27.0. The number of hydrogen-bond acceptors (Lipinski definition) is 3. The molecule has 2 aliphatic rings. The summed E-state index contributed by atoms with van der Waals surface area (Å²) in [4.78, 5) is 12.7. The molecular weight excluding hydrogens is 401 g/mol. The fourth-order valence-electron chi connectivity index (χ4n) is 3.51. The molecule has 2 aromatic carbocycles. The van der Waals surface area contributed by atoms with Crippen molar-refractivity contribution in [2.24, 2.45) is 0 Å². The molecule has 6 heteroatoms. The molecule has 1 spiro atoms. The Hall–Kier alpha value is -2.18. The lowest BCUT2D eigenvalue weighted by molar-refractivity contribution is -0.151. The first kappa shape index (κ1) is 17.2. The predicted octanol–water partition coefficient (Wildman–Crippen LogP) is 4.55. The normalized spacial score (nSPS) is 24.2. The van der Waals surface area contributed by atoms with Gasteiger partial charge in [0.15, 0.2) is 5.60 Å². The zero-order valence-corrected chi connectivity index (χ0v) is 15.7. The molecule has 2 atom stereocenters. The molecule has 2 aliphatic heterocycles. The summed E-state index contributed by atoms with van der Waals surface area (Å²) in [6, 6.07) is 12.2. The van der Waals surface area contributed by atoms with Crippen molar-refractivity contribution in [2.45, 2.75) is 25.0 Å². The van der Waals surface area contributed by atoms with E-state index in [1.165, 1.54) is 6.07 Å². The van der Waals surface area contributed by atoms with Gasteiger partial charge < -0.3 is 14.8 Å². The van der Waals surface area contributed by atoms with Crippen LogP contribution >= 0.6 is 15.9 Å². The van der Waals surface area contributed by atoms with Crippen LogP contribution in [-0.4, -0.2) is 18.6 Å². The van der Waals surface area contributed by atoms with Crippen molar-refractivity contribution in [1.29, 1.82) is 0 Å². The van der Waals surface area contributed by atoms with E-state index in [2.05, 4.69) is 21.2 Å². The molecule has 0 saturated heterocycles. The summed E-state index contributed by atoms with van der Waals surface area (Å²) in [7, 11) is 0. The van der Waals surface area contributed by atoms with Crippen LogP contribution in [0.5, 0.6) is 5.75 Å². The highest BCUT2D eigenvalue weighted by Crippen LogP contribution is 2.46. The minimum Gasteiger partial charge on any atom is -0.491 e. The Bertz CT molecular complexity index is 896. The molecule has 134 valence electrons. The van der Waals surface area contributed by atoms with Crippen LogP contribution < -0.4 is 10.1 Å². The van der Waals surface area contributed by atoms with Gasteiger partial charge in [-0.25, -0.2) is 4.39 Å². The number of benzene rings is 2. The van der Waals surface area contributed by atoms with Gasteiger partial charge in [-0.2, -0.15) is 0 Å². The second kappa shape index (κ2) is 6.52. The molecule has 4 rings (SSSR count). The zero-order valence-electron chi connectivity index (χ0n) is 14.1. The van der Waals surface area contributed by atoms with E-state index in [-0.39, 0.29) is 18.2 Å². The van der Waals surface area contributed by atoms with Crippen LogP contribution in [0.2, 0.25) is 0 Å². The fraction of sp³-hybridized carbons (Fsp3) is 0.250. The third-order valence-electron chi connectivity index (χ3n) is 4.63. The van der Waals surface area contributed by atoms with Crippen molar-refractivity contribution in [3.63, 3.8) is 0 Å². The molecule has 2 heterocycles. The van der Waals surface area contributed by atoms with Gasteiger partial charge in [0, 0.05) is 16.5 Å². The molecule has 0 bridgehead atoms. The Morgan fingerprint density at radius 2 is 2.08 bits per heavy atom. The number of carbonyl (C=O) groups is 1. The molecule has 0 saturated carbocycles. The second-order valence-electron chi connectivity index (χ2n) is 6.55. The largest absolute Gasteiger partial charge is 0.491 e. The maximum absolute atomic E-state index is 14.1. The van der Waals surface area contributed by atoms with Crippen LogP contribution in [0.3, 0.4) is 0 Å². The smallest absolute Gasteiger partial charge is 0.261 e. The molecule has 0 aromatic heterocycles. The van der Waals surface area contributed by atoms with Gasteiger partial charge in [0.05, 0.1) is 5.69 Å². The standard InChI is InChI=1S/C20H17BrFNO3/c1-12-9-15(11-25-14-7-5-13(21)6-8-14)26-20(10-12)16-3-2-4-17(22)18(16)23-19(20)24/h2-9,15H,10-11H2,1H3,(H,23,24)/t15-,20+/m1/s1. The van der Waals surface area contributed by atoms with Crippen LogP contribution in [0.1, 0.15) is 18.9 Å². The third kappa shape index (κ3) is 2.93. The van der Waals surface area contributed by atoms with Gasteiger partial charge in [0.25, 0.3) is 5.91 Å². The number of fused-ring (bicyclic) bond motifs is 2. The van der Waals surface area contributed by atoms with Crippen LogP contribution in [0, 0.1) is 5.82 Å². The Morgan fingerprint density at radius 1 is 1.31 bits per heavy atom. The number of ether oxygens (including phenoxy) is 2. The van der Waals surface area contributed by atoms with Gasteiger partial charge in [-0.05, 0) is 37.3 Å². The summed E-state index contributed by atoms with van der Waals surface area (Å²) in [6.45, 7) is 2.21. The Kier molecular flexibility index (Phi) is 4.32. The van der Waals surface area contributed by atoms with E-state index in [0.717, 1.165) is 10.0 Å². The molecule has 26 heavy (non-hydrogen) atoms. The summed E-state index contributed by atoms with van der Waals surface area (Å²) in [6.07, 6.45) is 1.94. The van der Waals surface area contributed by atoms with Gasteiger partial charge in [-0.15, -0.1) is 0 Å². The zero-order chi connectivity index (χ0) is 18.3. The number of hydrogen-bond donors (Lipinski definition) is 1. The van der Waals surface area contributed by atoms with E-state index in [0.29, 0.717) is 17.7 Å². The van der Waals surface area contributed by atoms with Crippen molar-refractivity contribution < 1.29 is 18.7 Å². The first-order valence-corrected chi connectivity index (χ1v) is 9.11. The van der Waals surface area contributed by atoms with E-state index in [4.69, 9.17) is 9.47 Å². The first-order chi connectivity index (χ1) is 12.5. The van der Waals surface area contributed by atoms with Gasteiger partial charge in [-0.3, -0.25) is 4.79 Å². The molecule has 0 aliphatic carbocycles. The van der Waals surface area contributed by atoms with Crippen LogP contribution in [0.15, 0.2) is 58.6 Å². The maximum atomic E-state index is 14.1. The lowest BCUT2D eigenvalue weighted by Crippen LogP contribution is -2.44. The van der Waals surface area contributed by atoms with Crippen LogP contribution in [0.25, 0.3) is 0 Å². The maximum Gasteiger partial charge on any atom is 0.261 e. The van der Waals surface area contributed by atoms with Crippen molar-refractivity contribution in [1.82, 2.24) is 0 Å². The first-order valence-electron chi connectivity index (χ1n) is 8.32. The molecule has 1 N–H and O–H groups in total. The third-order valence-corrected chi connectivity index (χ3v) is 5.16. The Labute approximate surface area is 159 Å². The second-order valence-corrected chi connectivity index (χ2v) is 7.47. The highest BCUT2D eigenvalue weighted by atomic mass is 79.9. The van der Waals surface area contributed by atoms with Crippen LogP contribution in [-0.2, 0) is 15.1 Å². The number of amides is 1. The molecule has 0 unspecified atom stereocenters. The number of nitrogens with one attached hydrogen (secondary N) is 1. The minimum atomic E-state index is -1.20.